The quantitative estimate of drug-likeness (QED) is 0.652. The molecule has 2 aromatic rings. The Hall–Kier alpha value is -1.91. The van der Waals surface area contributed by atoms with E-state index in [1.54, 1.807) is 38.6 Å². The van der Waals surface area contributed by atoms with Crippen LogP contribution in [0.3, 0.4) is 0 Å². The lowest BCUT2D eigenvalue weighted by Crippen LogP contribution is -1.94. The number of rotatable bonds is 5. The Balaban J connectivity index is 2.08. The second kappa shape index (κ2) is 7.20. The predicted octanol–water partition coefficient (Wildman–Crippen LogP) is 4.46. The Morgan fingerprint density at radius 2 is 1.71 bits per heavy atom. The van der Waals surface area contributed by atoms with Crippen molar-refractivity contribution in [3.05, 3.63) is 52.0 Å². The molecule has 0 aliphatic rings. The summed E-state index contributed by atoms with van der Waals surface area (Å²) < 4.78 is 10.4. The van der Waals surface area contributed by atoms with Crippen LogP contribution in [0.15, 0.2) is 41.5 Å². The number of nitrogens with zero attached hydrogens (tertiary/aromatic N) is 1. The second-order valence-corrected chi connectivity index (χ2v) is 4.93. The van der Waals surface area contributed by atoms with Gasteiger partial charge in [0.1, 0.15) is 0 Å². The van der Waals surface area contributed by atoms with E-state index in [0.717, 1.165) is 11.3 Å². The van der Waals surface area contributed by atoms with E-state index < -0.39 is 0 Å². The minimum absolute atomic E-state index is 0.475. The summed E-state index contributed by atoms with van der Waals surface area (Å²) in [7, 11) is 3.18. The standard InChI is InChI=1S/C15H14Cl2N2O2/c1-20-14-6-3-10(7-15(14)21-2)9-18-19-11-4-5-12(16)13(17)8-11/h3-9,19H,1-2H3/b18-9+. The molecule has 0 heterocycles. The number of hydrazone groups is 1. The Morgan fingerprint density at radius 1 is 0.952 bits per heavy atom. The third-order valence-electron chi connectivity index (χ3n) is 2.73. The number of nitrogens with one attached hydrogen (secondary N) is 1. The van der Waals surface area contributed by atoms with Crippen LogP contribution < -0.4 is 14.9 Å². The third kappa shape index (κ3) is 4.03. The maximum atomic E-state index is 5.93. The third-order valence-corrected chi connectivity index (χ3v) is 3.47. The molecule has 0 bridgehead atoms. The van der Waals surface area contributed by atoms with E-state index in [-0.39, 0.29) is 0 Å². The van der Waals surface area contributed by atoms with Gasteiger partial charge in [0.05, 0.1) is 36.2 Å². The Morgan fingerprint density at radius 3 is 2.38 bits per heavy atom. The average Bonchev–Trinajstić information content (AvgIpc) is 2.50. The topological polar surface area (TPSA) is 42.8 Å². The number of methoxy groups -OCH3 is 2. The van der Waals surface area contributed by atoms with Gasteiger partial charge in [0.15, 0.2) is 11.5 Å². The highest BCUT2D eigenvalue weighted by Gasteiger charge is 2.03. The van der Waals surface area contributed by atoms with Crippen LogP contribution in [0.1, 0.15) is 5.56 Å². The Bertz CT molecular complexity index is 660. The molecule has 0 aromatic heterocycles. The van der Waals surface area contributed by atoms with Crippen LogP contribution in [0.25, 0.3) is 0 Å². The number of hydrogen-bond acceptors (Lipinski definition) is 4. The Labute approximate surface area is 133 Å². The van der Waals surface area contributed by atoms with Crippen molar-refractivity contribution in [3.63, 3.8) is 0 Å². The van der Waals surface area contributed by atoms with Crippen LogP contribution in [0.2, 0.25) is 10.0 Å². The van der Waals surface area contributed by atoms with Crippen LogP contribution in [-0.4, -0.2) is 20.4 Å². The van der Waals surface area contributed by atoms with Gasteiger partial charge in [0, 0.05) is 0 Å². The molecule has 0 unspecified atom stereocenters. The van der Waals surface area contributed by atoms with Crippen LogP contribution in [0.4, 0.5) is 5.69 Å². The van der Waals surface area contributed by atoms with Crippen LogP contribution in [0.5, 0.6) is 11.5 Å². The summed E-state index contributed by atoms with van der Waals surface area (Å²) in [5.74, 6) is 1.32. The highest BCUT2D eigenvalue weighted by atomic mass is 35.5. The predicted molar refractivity (Wildman–Crippen MR) is 87.2 cm³/mol. The molecule has 0 radical (unpaired) electrons. The molecule has 0 aliphatic carbocycles. The summed E-state index contributed by atoms with van der Waals surface area (Å²) in [4.78, 5) is 0. The lowest BCUT2D eigenvalue weighted by Gasteiger charge is -2.07. The van der Waals surface area contributed by atoms with Crippen LogP contribution in [0, 0.1) is 0 Å². The normalized spacial score (nSPS) is 10.7. The monoisotopic (exact) mass is 324 g/mol. The van der Waals surface area contributed by atoms with Crippen molar-refractivity contribution in [3.8, 4) is 11.5 Å². The van der Waals surface area contributed by atoms with Gasteiger partial charge in [0.2, 0.25) is 0 Å². The molecule has 1 N–H and O–H groups in total. The summed E-state index contributed by atoms with van der Waals surface area (Å²) in [6.07, 6.45) is 1.67. The van der Waals surface area contributed by atoms with E-state index in [4.69, 9.17) is 32.7 Å². The first-order valence-corrected chi connectivity index (χ1v) is 6.86. The maximum Gasteiger partial charge on any atom is 0.161 e. The summed E-state index contributed by atoms with van der Waals surface area (Å²) in [5, 5.41) is 5.12. The summed E-state index contributed by atoms with van der Waals surface area (Å²) in [6.45, 7) is 0. The van der Waals surface area contributed by atoms with Gasteiger partial charge in [-0.15, -0.1) is 0 Å². The van der Waals surface area contributed by atoms with E-state index in [9.17, 15) is 0 Å². The first-order chi connectivity index (χ1) is 10.1. The fraction of sp³-hybridized carbons (Fsp3) is 0.133. The van der Waals surface area contributed by atoms with Crippen molar-refractivity contribution in [2.75, 3.05) is 19.6 Å². The maximum absolute atomic E-state index is 5.93. The summed E-state index contributed by atoms with van der Waals surface area (Å²) in [5.41, 5.74) is 4.51. The lowest BCUT2D eigenvalue weighted by molar-refractivity contribution is 0.355. The number of benzene rings is 2. The minimum atomic E-state index is 0.475. The average molecular weight is 325 g/mol. The molecule has 0 atom stereocenters. The molecule has 0 amide bonds. The highest BCUT2D eigenvalue weighted by Crippen LogP contribution is 2.27. The zero-order valence-electron chi connectivity index (χ0n) is 11.6. The van der Waals surface area contributed by atoms with Gasteiger partial charge < -0.3 is 9.47 Å². The fourth-order valence-corrected chi connectivity index (χ4v) is 1.98. The lowest BCUT2D eigenvalue weighted by atomic mass is 10.2. The molecule has 0 fully saturated rings. The molecular weight excluding hydrogens is 311 g/mol. The molecule has 110 valence electrons. The molecule has 0 saturated carbocycles. The van der Waals surface area contributed by atoms with Crippen molar-refractivity contribution >= 4 is 35.1 Å². The molecule has 21 heavy (non-hydrogen) atoms. The van der Waals surface area contributed by atoms with Gasteiger partial charge in [-0.2, -0.15) is 5.10 Å². The van der Waals surface area contributed by atoms with Crippen molar-refractivity contribution in [1.29, 1.82) is 0 Å². The van der Waals surface area contributed by atoms with Gasteiger partial charge in [-0.25, -0.2) is 0 Å². The zero-order chi connectivity index (χ0) is 15.2. The van der Waals surface area contributed by atoms with E-state index in [1.807, 2.05) is 18.2 Å². The second-order valence-electron chi connectivity index (χ2n) is 4.11. The first-order valence-electron chi connectivity index (χ1n) is 6.10. The highest BCUT2D eigenvalue weighted by molar-refractivity contribution is 6.42. The van der Waals surface area contributed by atoms with Gasteiger partial charge in [-0.3, -0.25) is 5.43 Å². The van der Waals surface area contributed by atoms with E-state index in [0.29, 0.717) is 21.5 Å². The van der Waals surface area contributed by atoms with E-state index >= 15 is 0 Å². The fourth-order valence-electron chi connectivity index (χ4n) is 1.68. The van der Waals surface area contributed by atoms with E-state index in [2.05, 4.69) is 10.5 Å². The van der Waals surface area contributed by atoms with Gasteiger partial charge >= 0.3 is 0 Å². The Kier molecular flexibility index (Phi) is 5.31. The molecule has 2 aromatic carbocycles. The van der Waals surface area contributed by atoms with Crippen LogP contribution in [-0.2, 0) is 0 Å². The van der Waals surface area contributed by atoms with Crippen LogP contribution >= 0.6 is 23.2 Å². The van der Waals surface area contributed by atoms with Crippen molar-refractivity contribution in [1.82, 2.24) is 0 Å². The largest absolute Gasteiger partial charge is 0.493 e. The van der Waals surface area contributed by atoms with Crippen molar-refractivity contribution in [2.45, 2.75) is 0 Å². The van der Waals surface area contributed by atoms with Gasteiger partial charge in [-0.1, -0.05) is 23.2 Å². The molecule has 4 nitrogen and oxygen atoms in total. The zero-order valence-corrected chi connectivity index (χ0v) is 13.1. The summed E-state index contributed by atoms with van der Waals surface area (Å²) in [6, 6.07) is 10.7. The van der Waals surface area contributed by atoms with E-state index in [1.165, 1.54) is 0 Å². The smallest absolute Gasteiger partial charge is 0.161 e. The van der Waals surface area contributed by atoms with Gasteiger partial charge in [-0.05, 0) is 42.0 Å². The van der Waals surface area contributed by atoms with Crippen molar-refractivity contribution in [2.24, 2.45) is 5.10 Å². The number of ether oxygens (including phenoxy) is 2. The molecule has 0 saturated heterocycles. The number of hydrogen-bond donors (Lipinski definition) is 1. The molecule has 0 aliphatic heterocycles. The first kappa shape index (κ1) is 15.5. The molecule has 6 heteroatoms. The molecule has 2 rings (SSSR count). The number of anilines is 1. The van der Waals surface area contributed by atoms with Crippen molar-refractivity contribution < 1.29 is 9.47 Å². The van der Waals surface area contributed by atoms with Gasteiger partial charge in [0.25, 0.3) is 0 Å². The SMILES string of the molecule is COc1ccc(/C=N/Nc2ccc(Cl)c(Cl)c2)cc1OC. The number of halogens is 2. The summed E-state index contributed by atoms with van der Waals surface area (Å²) >= 11 is 11.8. The molecular formula is C15H14Cl2N2O2. The minimum Gasteiger partial charge on any atom is -0.493 e. The molecule has 0 spiro atoms.